The lowest BCUT2D eigenvalue weighted by molar-refractivity contribution is -0.180. The maximum Gasteiger partial charge on any atom is 0.398 e. The second-order valence-corrected chi connectivity index (χ2v) is 6.54. The molecule has 4 nitrogen and oxygen atoms in total. The Labute approximate surface area is 133 Å². The number of hydrogen-bond donors (Lipinski definition) is 1. The third-order valence-electron chi connectivity index (χ3n) is 3.31. The van der Waals surface area contributed by atoms with E-state index in [1.807, 2.05) is 0 Å². The first-order valence-corrected chi connectivity index (χ1v) is 8.30. The molecule has 0 atom stereocenters. The van der Waals surface area contributed by atoms with Gasteiger partial charge in [-0.15, -0.1) is 0 Å². The fraction of sp³-hybridized carbons (Fsp3) is 0.250. The van der Waals surface area contributed by atoms with Crippen LogP contribution in [-0.4, -0.2) is 19.1 Å². The number of alkyl halides is 2. The van der Waals surface area contributed by atoms with Gasteiger partial charge in [-0.25, -0.2) is 0 Å². The Morgan fingerprint density at radius 3 is 2.39 bits per heavy atom. The van der Waals surface area contributed by atoms with E-state index in [9.17, 15) is 17.2 Å². The first-order chi connectivity index (χ1) is 10.7. The van der Waals surface area contributed by atoms with Crippen molar-refractivity contribution in [3.8, 4) is 5.75 Å². The molecule has 0 radical (unpaired) electrons. The van der Waals surface area contributed by atoms with Gasteiger partial charge in [0, 0.05) is 0 Å². The smallest absolute Gasteiger partial charge is 0.398 e. The second-order valence-electron chi connectivity index (χ2n) is 5.12. The number of halogens is 2. The highest BCUT2D eigenvalue weighted by Crippen LogP contribution is 2.27. The molecule has 0 fully saturated rings. The summed E-state index contributed by atoms with van der Waals surface area (Å²) in [6, 6.07) is 11.6. The predicted octanol–water partition coefficient (Wildman–Crippen LogP) is 3.85. The molecule has 1 N–H and O–H groups in total. The van der Waals surface area contributed by atoms with Gasteiger partial charge in [0.05, 0.1) is 11.3 Å². The minimum Gasteiger partial charge on any atom is -0.433 e. The van der Waals surface area contributed by atoms with Gasteiger partial charge in [-0.2, -0.15) is 17.2 Å². The normalized spacial score (nSPS) is 12.2. The predicted molar refractivity (Wildman–Crippen MR) is 81.3 cm³/mol. The first kappa shape index (κ1) is 17.4. The van der Waals surface area contributed by atoms with E-state index in [2.05, 4.69) is 4.74 Å². The molecule has 0 aliphatic rings. The molecule has 0 amide bonds. The maximum absolute atomic E-state index is 13.9. The zero-order valence-electron chi connectivity index (χ0n) is 12.4. The molecule has 0 aliphatic heterocycles. The van der Waals surface area contributed by atoms with Gasteiger partial charge in [0.2, 0.25) is 0 Å². The SMILES string of the molecule is Cc1ccc(S(=O)(=O)O)cc1CCC(F)(F)Oc1ccccc1. The van der Waals surface area contributed by atoms with Crippen molar-refractivity contribution < 1.29 is 26.5 Å². The van der Waals surface area contributed by atoms with Crippen LogP contribution in [-0.2, 0) is 16.5 Å². The Morgan fingerprint density at radius 1 is 1.13 bits per heavy atom. The molecule has 0 saturated heterocycles. The third-order valence-corrected chi connectivity index (χ3v) is 4.16. The Balaban J connectivity index is 2.10. The Hall–Kier alpha value is -1.99. The molecule has 0 heterocycles. The zero-order chi connectivity index (χ0) is 17.1. The lowest BCUT2D eigenvalue weighted by Crippen LogP contribution is -2.25. The highest BCUT2D eigenvalue weighted by Gasteiger charge is 2.31. The largest absolute Gasteiger partial charge is 0.433 e. The van der Waals surface area contributed by atoms with Crippen molar-refractivity contribution in [2.24, 2.45) is 0 Å². The summed E-state index contributed by atoms with van der Waals surface area (Å²) < 4.78 is 63.7. The van der Waals surface area contributed by atoms with Crippen molar-refractivity contribution in [1.29, 1.82) is 0 Å². The van der Waals surface area contributed by atoms with E-state index in [0.717, 1.165) is 0 Å². The minimum absolute atomic E-state index is 0.0564. The van der Waals surface area contributed by atoms with E-state index >= 15 is 0 Å². The average Bonchev–Trinajstić information content (AvgIpc) is 2.46. The van der Waals surface area contributed by atoms with Gasteiger partial charge in [0.25, 0.3) is 10.1 Å². The standard InChI is InChI=1S/C16H16F2O4S/c1-12-7-8-15(23(19,20)21)11-13(12)9-10-16(17,18)22-14-5-3-2-4-6-14/h2-8,11H,9-10H2,1H3,(H,19,20,21). The average molecular weight is 342 g/mol. The quantitative estimate of drug-likeness (QED) is 0.810. The van der Waals surface area contributed by atoms with E-state index in [4.69, 9.17) is 4.55 Å². The van der Waals surface area contributed by atoms with Crippen molar-refractivity contribution in [3.63, 3.8) is 0 Å². The second kappa shape index (κ2) is 6.64. The van der Waals surface area contributed by atoms with Crippen molar-refractivity contribution in [3.05, 3.63) is 59.7 Å². The molecular formula is C16H16F2O4S. The maximum atomic E-state index is 13.9. The summed E-state index contributed by atoms with van der Waals surface area (Å²) in [7, 11) is -4.36. The molecule has 124 valence electrons. The topological polar surface area (TPSA) is 63.6 Å². The Kier molecular flexibility index (Phi) is 5.01. The highest BCUT2D eigenvalue weighted by atomic mass is 32.2. The van der Waals surface area contributed by atoms with E-state index in [1.54, 1.807) is 25.1 Å². The lowest BCUT2D eigenvalue weighted by Gasteiger charge is -2.18. The number of para-hydroxylation sites is 1. The molecule has 0 saturated carbocycles. The van der Waals surface area contributed by atoms with Crippen LogP contribution in [0.4, 0.5) is 8.78 Å². The number of ether oxygens (including phenoxy) is 1. The first-order valence-electron chi connectivity index (χ1n) is 6.86. The minimum atomic E-state index is -4.36. The monoisotopic (exact) mass is 342 g/mol. The van der Waals surface area contributed by atoms with Crippen LogP contribution in [0.25, 0.3) is 0 Å². The van der Waals surface area contributed by atoms with E-state index < -0.39 is 22.6 Å². The molecule has 2 aromatic rings. The van der Waals surface area contributed by atoms with Gasteiger partial charge in [0.1, 0.15) is 5.75 Å². The summed E-state index contributed by atoms with van der Waals surface area (Å²) in [5, 5.41) is 0. The van der Waals surface area contributed by atoms with Gasteiger partial charge < -0.3 is 4.74 Å². The molecular weight excluding hydrogens is 326 g/mol. The zero-order valence-corrected chi connectivity index (χ0v) is 13.2. The molecule has 7 heteroatoms. The van der Waals surface area contributed by atoms with Crippen molar-refractivity contribution >= 4 is 10.1 Å². The van der Waals surface area contributed by atoms with Crippen LogP contribution in [0.3, 0.4) is 0 Å². The summed E-state index contributed by atoms with van der Waals surface area (Å²) in [4.78, 5) is -0.314. The van der Waals surface area contributed by atoms with Gasteiger partial charge in [-0.1, -0.05) is 24.3 Å². The molecule has 23 heavy (non-hydrogen) atoms. The van der Waals surface area contributed by atoms with Gasteiger partial charge in [-0.05, 0) is 48.7 Å². The van der Waals surface area contributed by atoms with Crippen LogP contribution in [0, 0.1) is 6.92 Å². The van der Waals surface area contributed by atoms with Crippen LogP contribution < -0.4 is 4.74 Å². The number of aryl methyl sites for hydroxylation is 2. The van der Waals surface area contributed by atoms with Crippen LogP contribution in [0.5, 0.6) is 5.75 Å². The summed E-state index contributed by atoms with van der Waals surface area (Å²) in [5.41, 5.74) is 1.07. The highest BCUT2D eigenvalue weighted by molar-refractivity contribution is 7.85. The molecule has 2 rings (SSSR count). The summed E-state index contributed by atoms with van der Waals surface area (Å²) in [5.74, 6) is 0.0564. The van der Waals surface area contributed by atoms with Crippen LogP contribution in [0.2, 0.25) is 0 Å². The number of benzene rings is 2. The van der Waals surface area contributed by atoms with E-state index in [-0.39, 0.29) is 17.1 Å². The van der Waals surface area contributed by atoms with E-state index in [0.29, 0.717) is 11.1 Å². The lowest BCUT2D eigenvalue weighted by atomic mass is 10.0. The number of rotatable bonds is 6. The fourth-order valence-electron chi connectivity index (χ4n) is 2.07. The Bertz CT molecular complexity index is 774. The summed E-state index contributed by atoms with van der Waals surface area (Å²) in [6.07, 6.45) is -4.09. The number of hydrogen-bond acceptors (Lipinski definition) is 3. The van der Waals surface area contributed by atoms with E-state index in [1.165, 1.54) is 30.3 Å². The summed E-state index contributed by atoms with van der Waals surface area (Å²) in [6.45, 7) is 1.68. The van der Waals surface area contributed by atoms with Crippen molar-refractivity contribution in [2.75, 3.05) is 0 Å². The van der Waals surface area contributed by atoms with Gasteiger partial charge in [-0.3, -0.25) is 4.55 Å². The van der Waals surface area contributed by atoms with Crippen LogP contribution in [0.1, 0.15) is 17.5 Å². The molecule has 0 aliphatic carbocycles. The van der Waals surface area contributed by atoms with Crippen LogP contribution in [0.15, 0.2) is 53.4 Å². The summed E-state index contributed by atoms with van der Waals surface area (Å²) >= 11 is 0. The fourth-order valence-corrected chi connectivity index (χ4v) is 2.60. The third kappa shape index (κ3) is 5.01. The van der Waals surface area contributed by atoms with Gasteiger partial charge >= 0.3 is 6.11 Å². The molecule has 0 unspecified atom stereocenters. The van der Waals surface area contributed by atoms with Crippen molar-refractivity contribution in [2.45, 2.75) is 30.8 Å². The Morgan fingerprint density at radius 2 is 1.78 bits per heavy atom. The molecule has 0 aromatic heterocycles. The molecule has 2 aromatic carbocycles. The van der Waals surface area contributed by atoms with Crippen molar-refractivity contribution in [1.82, 2.24) is 0 Å². The van der Waals surface area contributed by atoms with Gasteiger partial charge in [0.15, 0.2) is 0 Å². The molecule has 0 bridgehead atoms. The van der Waals surface area contributed by atoms with Crippen LogP contribution >= 0.6 is 0 Å². The molecule has 0 spiro atoms.